The maximum Gasteiger partial charge on any atom is 0.0383 e. The van der Waals surface area contributed by atoms with Gasteiger partial charge in [0.05, 0.1) is 0 Å². The van der Waals surface area contributed by atoms with Crippen LogP contribution in [0.3, 0.4) is 0 Å². The van der Waals surface area contributed by atoms with Gasteiger partial charge in [-0.3, -0.25) is 4.90 Å². The molecular formula is C12H18N2. The molecule has 1 aromatic carbocycles. The van der Waals surface area contributed by atoms with E-state index in [4.69, 9.17) is 5.73 Å². The molecule has 76 valence electrons. The van der Waals surface area contributed by atoms with Crippen LogP contribution < -0.4 is 5.73 Å². The van der Waals surface area contributed by atoms with Gasteiger partial charge >= 0.3 is 0 Å². The van der Waals surface area contributed by atoms with Gasteiger partial charge in [-0.2, -0.15) is 0 Å². The standard InChI is InChI=1S/C12H18N2/c1-12(13)9-14(10-12)8-7-11-5-3-2-4-6-11/h2-6H,7-10,13H2,1H3. The van der Waals surface area contributed by atoms with Crippen LogP contribution in [0, 0.1) is 0 Å². The van der Waals surface area contributed by atoms with Crippen molar-refractivity contribution in [3.63, 3.8) is 0 Å². The minimum atomic E-state index is 0.0662. The lowest BCUT2D eigenvalue weighted by Gasteiger charge is -2.45. The Balaban J connectivity index is 1.75. The van der Waals surface area contributed by atoms with Crippen molar-refractivity contribution in [1.82, 2.24) is 4.90 Å². The summed E-state index contributed by atoms with van der Waals surface area (Å²) in [5.74, 6) is 0. The van der Waals surface area contributed by atoms with Gasteiger partial charge in [-0.15, -0.1) is 0 Å². The van der Waals surface area contributed by atoms with Gasteiger partial charge in [0.2, 0.25) is 0 Å². The van der Waals surface area contributed by atoms with Gasteiger partial charge < -0.3 is 5.73 Å². The summed E-state index contributed by atoms with van der Waals surface area (Å²) in [6, 6.07) is 10.6. The highest BCUT2D eigenvalue weighted by Crippen LogP contribution is 2.17. The molecule has 0 unspecified atom stereocenters. The number of likely N-dealkylation sites (tertiary alicyclic amines) is 1. The fraction of sp³-hybridized carbons (Fsp3) is 0.500. The molecule has 2 N–H and O–H groups in total. The zero-order chi connectivity index (χ0) is 10.0. The van der Waals surface area contributed by atoms with E-state index in [1.165, 1.54) is 5.56 Å². The maximum atomic E-state index is 5.94. The summed E-state index contributed by atoms with van der Waals surface area (Å²) in [4.78, 5) is 2.41. The number of rotatable bonds is 3. The first-order valence-electron chi connectivity index (χ1n) is 5.21. The molecule has 0 spiro atoms. The van der Waals surface area contributed by atoms with Gasteiger partial charge in [-0.1, -0.05) is 30.3 Å². The Hall–Kier alpha value is -0.860. The van der Waals surface area contributed by atoms with Gasteiger partial charge in [-0.25, -0.2) is 0 Å². The van der Waals surface area contributed by atoms with Crippen LogP contribution in [0.5, 0.6) is 0 Å². The third-order valence-electron chi connectivity index (χ3n) is 2.73. The fourth-order valence-electron chi connectivity index (χ4n) is 2.07. The van der Waals surface area contributed by atoms with E-state index in [1.54, 1.807) is 0 Å². The molecule has 0 bridgehead atoms. The quantitative estimate of drug-likeness (QED) is 0.777. The van der Waals surface area contributed by atoms with E-state index in [-0.39, 0.29) is 5.54 Å². The van der Waals surface area contributed by atoms with Crippen molar-refractivity contribution in [3.8, 4) is 0 Å². The predicted molar refractivity (Wildman–Crippen MR) is 59.2 cm³/mol. The molecule has 14 heavy (non-hydrogen) atoms. The third kappa shape index (κ3) is 2.34. The summed E-state index contributed by atoms with van der Waals surface area (Å²) in [5.41, 5.74) is 7.42. The maximum absolute atomic E-state index is 5.94. The first-order chi connectivity index (χ1) is 6.66. The van der Waals surface area contributed by atoms with Crippen LogP contribution in [-0.4, -0.2) is 30.1 Å². The van der Waals surface area contributed by atoms with Crippen LogP contribution in [0.25, 0.3) is 0 Å². The van der Waals surface area contributed by atoms with E-state index in [9.17, 15) is 0 Å². The number of nitrogens with two attached hydrogens (primary N) is 1. The molecule has 0 atom stereocenters. The molecule has 2 heteroatoms. The Morgan fingerprint density at radius 2 is 1.93 bits per heavy atom. The number of hydrogen-bond donors (Lipinski definition) is 1. The van der Waals surface area contributed by atoms with Gasteiger partial charge in [0.25, 0.3) is 0 Å². The van der Waals surface area contributed by atoms with E-state index < -0.39 is 0 Å². The summed E-state index contributed by atoms with van der Waals surface area (Å²) >= 11 is 0. The van der Waals surface area contributed by atoms with Crippen molar-refractivity contribution in [3.05, 3.63) is 35.9 Å². The molecule has 0 saturated carbocycles. The Morgan fingerprint density at radius 3 is 2.50 bits per heavy atom. The molecule has 0 aliphatic carbocycles. The normalized spacial score (nSPS) is 20.4. The van der Waals surface area contributed by atoms with E-state index >= 15 is 0 Å². The molecular weight excluding hydrogens is 172 g/mol. The number of nitrogens with zero attached hydrogens (tertiary/aromatic N) is 1. The molecule has 0 amide bonds. The molecule has 1 aromatic rings. The van der Waals surface area contributed by atoms with Crippen LogP contribution in [0.1, 0.15) is 12.5 Å². The largest absolute Gasteiger partial charge is 0.323 e. The van der Waals surface area contributed by atoms with Gasteiger partial charge in [0.15, 0.2) is 0 Å². The van der Waals surface area contributed by atoms with Crippen molar-refractivity contribution in [2.45, 2.75) is 18.9 Å². The molecule has 1 heterocycles. The van der Waals surface area contributed by atoms with Crippen molar-refractivity contribution < 1.29 is 0 Å². The SMILES string of the molecule is CC1(N)CN(CCc2ccccc2)C1. The molecule has 1 aliphatic rings. The Morgan fingerprint density at radius 1 is 1.29 bits per heavy atom. The average molecular weight is 190 g/mol. The lowest BCUT2D eigenvalue weighted by molar-refractivity contribution is 0.0855. The second-order valence-electron chi connectivity index (χ2n) is 4.60. The Labute approximate surface area is 85.7 Å². The molecule has 2 rings (SSSR count). The minimum absolute atomic E-state index is 0.0662. The van der Waals surface area contributed by atoms with Gasteiger partial charge in [-0.05, 0) is 18.9 Å². The summed E-state index contributed by atoms with van der Waals surface area (Å²) < 4.78 is 0. The molecule has 0 radical (unpaired) electrons. The van der Waals surface area contributed by atoms with E-state index in [2.05, 4.69) is 42.2 Å². The van der Waals surface area contributed by atoms with E-state index in [1.807, 2.05) is 0 Å². The van der Waals surface area contributed by atoms with Crippen LogP contribution >= 0.6 is 0 Å². The van der Waals surface area contributed by atoms with Crippen LogP contribution in [0.15, 0.2) is 30.3 Å². The monoisotopic (exact) mass is 190 g/mol. The lowest BCUT2D eigenvalue weighted by Crippen LogP contribution is -2.65. The van der Waals surface area contributed by atoms with Crippen molar-refractivity contribution >= 4 is 0 Å². The van der Waals surface area contributed by atoms with Gasteiger partial charge in [0, 0.05) is 25.2 Å². The van der Waals surface area contributed by atoms with Crippen LogP contribution in [-0.2, 0) is 6.42 Å². The van der Waals surface area contributed by atoms with Crippen LogP contribution in [0.4, 0.5) is 0 Å². The first-order valence-corrected chi connectivity index (χ1v) is 5.21. The fourth-order valence-corrected chi connectivity index (χ4v) is 2.07. The van der Waals surface area contributed by atoms with Crippen molar-refractivity contribution in [1.29, 1.82) is 0 Å². The summed E-state index contributed by atoms with van der Waals surface area (Å²) in [7, 11) is 0. The second-order valence-corrected chi connectivity index (χ2v) is 4.60. The van der Waals surface area contributed by atoms with Crippen molar-refractivity contribution in [2.24, 2.45) is 5.73 Å². The smallest absolute Gasteiger partial charge is 0.0383 e. The van der Waals surface area contributed by atoms with Gasteiger partial charge in [0.1, 0.15) is 0 Å². The van der Waals surface area contributed by atoms with Crippen molar-refractivity contribution in [2.75, 3.05) is 19.6 Å². The summed E-state index contributed by atoms with van der Waals surface area (Å²) in [6.45, 7) is 5.34. The topological polar surface area (TPSA) is 29.3 Å². The van der Waals surface area contributed by atoms with E-state index in [0.717, 1.165) is 26.1 Å². The lowest BCUT2D eigenvalue weighted by atomic mass is 9.93. The Kier molecular flexibility index (Phi) is 2.57. The third-order valence-corrected chi connectivity index (χ3v) is 2.73. The average Bonchev–Trinajstić information content (AvgIpc) is 2.13. The summed E-state index contributed by atoms with van der Waals surface area (Å²) in [6.07, 6.45) is 1.14. The predicted octanol–water partition coefficient (Wildman–Crippen LogP) is 1.26. The van der Waals surface area contributed by atoms with Crippen LogP contribution in [0.2, 0.25) is 0 Å². The zero-order valence-corrected chi connectivity index (χ0v) is 8.74. The summed E-state index contributed by atoms with van der Waals surface area (Å²) in [5, 5.41) is 0. The highest BCUT2D eigenvalue weighted by Gasteiger charge is 2.33. The van der Waals surface area contributed by atoms with E-state index in [0.29, 0.717) is 0 Å². The zero-order valence-electron chi connectivity index (χ0n) is 8.74. The molecule has 2 nitrogen and oxygen atoms in total. The highest BCUT2D eigenvalue weighted by molar-refractivity contribution is 5.15. The molecule has 0 aromatic heterocycles. The Bertz CT molecular complexity index is 284. The highest BCUT2D eigenvalue weighted by atomic mass is 15.2. The molecule has 1 saturated heterocycles. The second kappa shape index (κ2) is 3.71. The number of hydrogen-bond acceptors (Lipinski definition) is 2. The molecule has 1 fully saturated rings. The number of benzene rings is 1. The first kappa shape index (κ1) is 9.69. The minimum Gasteiger partial charge on any atom is -0.323 e. The molecule has 1 aliphatic heterocycles.